The van der Waals surface area contributed by atoms with E-state index >= 15 is 0 Å². The number of amides is 2. The monoisotopic (exact) mass is 953 g/mol. The quantitative estimate of drug-likeness (QED) is 0.0891. The number of H-pyrrole nitrogens is 2. The fourth-order valence-electron chi connectivity index (χ4n) is 7.85. The van der Waals surface area contributed by atoms with Crippen molar-refractivity contribution in [3.8, 4) is 0 Å². The summed E-state index contributed by atoms with van der Waals surface area (Å²) in [6.45, 7) is 31.5. The summed E-state index contributed by atoms with van der Waals surface area (Å²) in [6.07, 6.45) is 6.28. The largest absolute Gasteiger partial charge is 0.411 e. The van der Waals surface area contributed by atoms with Crippen molar-refractivity contribution >= 4 is 62.7 Å². The Hall–Kier alpha value is -4.13. The fourth-order valence-corrected chi connectivity index (χ4v) is 10.5. The molecule has 4 aromatic heterocycles. The first-order chi connectivity index (χ1) is 30.4. The van der Waals surface area contributed by atoms with E-state index in [0.717, 1.165) is 12.8 Å². The van der Waals surface area contributed by atoms with Crippen LogP contribution in [0.4, 0.5) is 11.9 Å². The van der Waals surface area contributed by atoms with Crippen LogP contribution in [0.1, 0.15) is 127 Å². The van der Waals surface area contributed by atoms with E-state index in [1.165, 1.54) is 6.33 Å². The number of aromatic nitrogens is 8. The molecule has 4 fully saturated rings. The number of aromatic amines is 2. The summed E-state index contributed by atoms with van der Waals surface area (Å²) in [7, 11) is -4.11. The third-order valence-electron chi connectivity index (χ3n) is 14.7. The molecule has 66 heavy (non-hydrogen) atoms. The number of imidazole rings is 2. The van der Waals surface area contributed by atoms with Gasteiger partial charge in [-0.3, -0.25) is 48.9 Å². The molecule has 2 aliphatic heterocycles. The summed E-state index contributed by atoms with van der Waals surface area (Å²) in [5.41, 5.74) is -0.509. The van der Waals surface area contributed by atoms with Crippen molar-refractivity contribution in [2.24, 2.45) is 17.3 Å². The van der Waals surface area contributed by atoms with Crippen molar-refractivity contribution in [1.29, 1.82) is 0 Å². The Bertz CT molecular complexity index is 2400. The van der Waals surface area contributed by atoms with E-state index in [4.69, 9.17) is 18.3 Å². The molecule has 5 N–H and O–H groups in total. The minimum atomic E-state index is -2.11. The van der Waals surface area contributed by atoms with Crippen molar-refractivity contribution in [3.05, 3.63) is 33.4 Å². The first-order valence-electron chi connectivity index (χ1n) is 23.4. The van der Waals surface area contributed by atoms with Gasteiger partial charge in [-0.1, -0.05) is 76.2 Å². The Morgan fingerprint density at radius 3 is 1.45 bits per heavy atom. The molecule has 0 radical (unpaired) electrons. The third-order valence-corrected chi connectivity index (χ3v) is 23.7. The van der Waals surface area contributed by atoms with Gasteiger partial charge in [0.25, 0.3) is 11.1 Å². The second-order valence-electron chi connectivity index (χ2n) is 22.8. The van der Waals surface area contributed by atoms with E-state index in [-0.39, 0.29) is 86.6 Å². The molecule has 4 aromatic rings. The number of ether oxygens (including phenoxy) is 2. The van der Waals surface area contributed by atoms with Gasteiger partial charge in [0.05, 0.1) is 36.6 Å². The van der Waals surface area contributed by atoms with Crippen LogP contribution in [0.2, 0.25) is 36.3 Å². The molecule has 6 atom stereocenters. The van der Waals surface area contributed by atoms with Crippen LogP contribution in [0.3, 0.4) is 0 Å². The van der Waals surface area contributed by atoms with Gasteiger partial charge in [-0.25, -0.2) is 9.97 Å². The standard InChI is InChI=1S/C23H37N5O4Si.C22H35N5O5Si/c1-13(2)19(29)26-21-25-18-16(20(30)27-21)24-12-28(18)15-11-14(17(31-15)23(6)9-10-23)32-33(7,8)22(3,4)5;1-12(2)18(28)25-20-24-17-15(19(29)26-20)23-11-27(17)14-10-13(16(31-14)22(30)8-9-22)32-33(6,7)21(3,4)5/h12-15,17H,9-11H2,1-8H3,(H2,25,26,27,29,30);11-14,16,30H,8-10H2,1-7H3,(H2,24,25,26,28,29)/t14-,15-,17+;13-,14-,16+/m11/s1. The van der Waals surface area contributed by atoms with E-state index in [9.17, 15) is 24.3 Å². The van der Waals surface area contributed by atoms with Gasteiger partial charge in [0.1, 0.15) is 18.6 Å². The van der Waals surface area contributed by atoms with Crippen molar-refractivity contribution < 1.29 is 33.0 Å². The Kier molecular flexibility index (Phi) is 13.1. The summed E-state index contributed by atoms with van der Waals surface area (Å²) >= 11 is 0. The molecule has 6 heterocycles. The average Bonchev–Trinajstić information content (AvgIpc) is 3.77. The maximum atomic E-state index is 12.6. The number of anilines is 2. The summed E-state index contributed by atoms with van der Waals surface area (Å²) in [5, 5.41) is 16.4. The van der Waals surface area contributed by atoms with Gasteiger partial charge >= 0.3 is 0 Å². The van der Waals surface area contributed by atoms with Crippen LogP contribution in [-0.4, -0.2) is 103 Å². The Morgan fingerprint density at radius 2 is 1.11 bits per heavy atom. The minimum absolute atomic E-state index is 0.0158. The SMILES string of the molecule is CC(C)C(=O)Nc1nc2c(ncn2[C@H]2C[C@@H](O[Si](C)(C)C(C)(C)C)[C@@H](C3(C)CC3)O2)c(=O)[nH]1.CC(C)C(=O)Nc1nc2c(ncn2[C@H]2C[C@@H](O[Si](C)(C)C(C)(C)C)[C@@H](C3(O)CC3)O2)c(=O)[nH]1. The molecular formula is C45H72N10O9Si2. The number of rotatable bonds is 12. The lowest BCUT2D eigenvalue weighted by molar-refractivity contribution is -0.119. The zero-order valence-electron chi connectivity index (χ0n) is 41.4. The van der Waals surface area contributed by atoms with Crippen LogP contribution in [-0.2, 0) is 27.9 Å². The lowest BCUT2D eigenvalue weighted by Gasteiger charge is -2.40. The summed E-state index contributed by atoms with van der Waals surface area (Å²) in [4.78, 5) is 72.0. The summed E-state index contributed by atoms with van der Waals surface area (Å²) in [5.74, 6) is -0.780. The molecule has 0 spiro atoms. The average molecular weight is 953 g/mol. The topological polar surface area (TPSA) is 242 Å². The first-order valence-corrected chi connectivity index (χ1v) is 29.2. The predicted octanol–water partition coefficient (Wildman–Crippen LogP) is 7.11. The van der Waals surface area contributed by atoms with E-state index in [1.807, 2.05) is 4.57 Å². The Labute approximate surface area is 388 Å². The summed E-state index contributed by atoms with van der Waals surface area (Å²) in [6, 6.07) is 0. The summed E-state index contributed by atoms with van der Waals surface area (Å²) < 4.78 is 30.0. The molecular weight excluding hydrogens is 881 g/mol. The molecule has 364 valence electrons. The van der Waals surface area contributed by atoms with Gasteiger partial charge in [-0.15, -0.1) is 0 Å². The van der Waals surface area contributed by atoms with Gasteiger partial charge in [0, 0.05) is 24.7 Å². The first kappa shape index (κ1) is 49.8. The number of nitrogens with zero attached hydrogens (tertiary/aromatic N) is 6. The highest BCUT2D eigenvalue weighted by molar-refractivity contribution is 6.74. The van der Waals surface area contributed by atoms with Crippen LogP contribution in [0.5, 0.6) is 0 Å². The molecule has 19 nitrogen and oxygen atoms in total. The minimum Gasteiger partial charge on any atom is -0.411 e. The maximum absolute atomic E-state index is 12.6. The molecule has 2 aliphatic carbocycles. The molecule has 2 saturated carbocycles. The van der Waals surface area contributed by atoms with Crippen LogP contribution in [0.25, 0.3) is 22.3 Å². The molecule has 21 heteroatoms. The van der Waals surface area contributed by atoms with Gasteiger partial charge in [-0.05, 0) is 67.4 Å². The van der Waals surface area contributed by atoms with E-state index in [2.05, 4.69) is 115 Å². The van der Waals surface area contributed by atoms with Crippen LogP contribution in [0.15, 0.2) is 22.2 Å². The number of hydrogen-bond donors (Lipinski definition) is 5. The molecule has 0 bridgehead atoms. The highest BCUT2D eigenvalue weighted by Gasteiger charge is 2.59. The van der Waals surface area contributed by atoms with Crippen LogP contribution >= 0.6 is 0 Å². The number of fused-ring (bicyclic) bond motifs is 2. The number of carbonyl (C=O) groups is 2. The number of hydrogen-bond acceptors (Lipinski definition) is 13. The zero-order valence-corrected chi connectivity index (χ0v) is 43.4. The van der Waals surface area contributed by atoms with Crippen molar-refractivity contribution in [2.45, 2.75) is 193 Å². The van der Waals surface area contributed by atoms with Crippen LogP contribution in [0, 0.1) is 17.3 Å². The molecule has 0 aromatic carbocycles. The number of carbonyl (C=O) groups excluding carboxylic acids is 2. The smallest absolute Gasteiger partial charge is 0.280 e. The second kappa shape index (κ2) is 17.4. The zero-order chi connectivity index (χ0) is 48.7. The molecule has 2 amide bonds. The maximum Gasteiger partial charge on any atom is 0.280 e. The molecule has 0 unspecified atom stereocenters. The second-order valence-corrected chi connectivity index (χ2v) is 32.4. The predicted molar refractivity (Wildman–Crippen MR) is 256 cm³/mol. The van der Waals surface area contributed by atoms with Crippen LogP contribution < -0.4 is 21.8 Å². The molecule has 4 aliphatic rings. The van der Waals surface area contributed by atoms with E-state index in [0.29, 0.717) is 37.0 Å². The van der Waals surface area contributed by atoms with Gasteiger partial charge in [0.15, 0.2) is 39.0 Å². The van der Waals surface area contributed by atoms with Gasteiger partial charge < -0.3 is 23.4 Å². The van der Waals surface area contributed by atoms with E-state index < -0.39 is 45.7 Å². The van der Waals surface area contributed by atoms with Crippen molar-refractivity contribution in [2.75, 3.05) is 10.6 Å². The lowest BCUT2D eigenvalue weighted by Crippen LogP contribution is -2.48. The van der Waals surface area contributed by atoms with Gasteiger partial charge in [-0.2, -0.15) is 9.97 Å². The number of aliphatic hydroxyl groups is 1. The highest BCUT2D eigenvalue weighted by atomic mass is 28.4. The highest BCUT2D eigenvalue weighted by Crippen LogP contribution is 2.56. The number of nitrogens with one attached hydrogen (secondary N) is 4. The lowest BCUT2D eigenvalue weighted by atomic mass is 9.97. The van der Waals surface area contributed by atoms with E-state index in [1.54, 1.807) is 38.6 Å². The molecule has 2 saturated heterocycles. The Balaban J connectivity index is 0.000000196. The molecule has 8 rings (SSSR count). The Morgan fingerprint density at radius 1 is 0.727 bits per heavy atom. The van der Waals surface area contributed by atoms with Crippen molar-refractivity contribution in [1.82, 2.24) is 39.0 Å². The fraction of sp³-hybridized carbons (Fsp3) is 0.733. The van der Waals surface area contributed by atoms with Crippen molar-refractivity contribution in [3.63, 3.8) is 0 Å². The normalized spacial score (nSPS) is 25.1. The van der Waals surface area contributed by atoms with Gasteiger partial charge in [0.2, 0.25) is 23.7 Å². The third kappa shape index (κ3) is 10.0.